The molecule has 24 heavy (non-hydrogen) atoms. The van der Waals surface area contributed by atoms with Gasteiger partial charge in [-0.1, -0.05) is 26.2 Å². The van der Waals surface area contributed by atoms with Crippen LogP contribution in [0.2, 0.25) is 0 Å². The highest BCUT2D eigenvalue weighted by molar-refractivity contribution is 7.18. The van der Waals surface area contributed by atoms with E-state index in [1.807, 2.05) is 4.57 Å². The second-order valence-corrected chi connectivity index (χ2v) is 8.20. The second kappa shape index (κ2) is 7.79. The molecule has 0 amide bonds. The Hall–Kier alpha value is -1.20. The van der Waals surface area contributed by atoms with Gasteiger partial charge < -0.3 is 0 Å². The highest BCUT2D eigenvalue weighted by atomic mass is 32.1. The number of aryl methyl sites for hydroxylation is 2. The maximum Gasteiger partial charge on any atom is 0.262 e. The number of unbranched alkanes of at least 4 members (excludes halogenated alkanes) is 3. The van der Waals surface area contributed by atoms with Crippen LogP contribution in [-0.2, 0) is 13.1 Å². The Labute approximate surface area is 148 Å². The van der Waals surface area contributed by atoms with E-state index in [1.54, 1.807) is 11.3 Å². The molecule has 2 aromatic heterocycles. The topological polar surface area (TPSA) is 38.1 Å². The van der Waals surface area contributed by atoms with Crippen molar-refractivity contribution in [3.8, 4) is 0 Å². The lowest BCUT2D eigenvalue weighted by atomic mass is 10.2. The van der Waals surface area contributed by atoms with Crippen molar-refractivity contribution in [3.63, 3.8) is 0 Å². The van der Waals surface area contributed by atoms with Crippen molar-refractivity contribution in [2.24, 2.45) is 0 Å². The van der Waals surface area contributed by atoms with E-state index in [-0.39, 0.29) is 5.56 Å². The number of fused-ring (bicyclic) bond motifs is 1. The summed E-state index contributed by atoms with van der Waals surface area (Å²) in [5.74, 6) is 0.965. The van der Waals surface area contributed by atoms with Crippen LogP contribution in [0, 0.1) is 13.8 Å². The van der Waals surface area contributed by atoms with E-state index >= 15 is 0 Å². The molecule has 1 saturated heterocycles. The first-order valence-electron chi connectivity index (χ1n) is 9.33. The summed E-state index contributed by atoms with van der Waals surface area (Å²) >= 11 is 1.66. The van der Waals surface area contributed by atoms with Gasteiger partial charge in [0.2, 0.25) is 0 Å². The van der Waals surface area contributed by atoms with Crippen molar-refractivity contribution in [3.05, 3.63) is 26.6 Å². The van der Waals surface area contributed by atoms with E-state index in [0.717, 1.165) is 54.2 Å². The van der Waals surface area contributed by atoms with Gasteiger partial charge in [0.1, 0.15) is 10.7 Å². The predicted octanol–water partition coefficient (Wildman–Crippen LogP) is 4.25. The van der Waals surface area contributed by atoms with Gasteiger partial charge in [-0.3, -0.25) is 14.3 Å². The van der Waals surface area contributed by atoms with E-state index in [2.05, 4.69) is 25.7 Å². The fraction of sp³-hybridized carbons (Fsp3) is 0.684. The third-order valence-corrected chi connectivity index (χ3v) is 6.27. The molecule has 1 fully saturated rings. The molecule has 1 aliphatic heterocycles. The molecule has 5 heteroatoms. The number of rotatable bonds is 7. The fourth-order valence-corrected chi connectivity index (χ4v) is 4.60. The van der Waals surface area contributed by atoms with Gasteiger partial charge in [-0.05, 0) is 51.8 Å². The van der Waals surface area contributed by atoms with Crippen LogP contribution in [0.4, 0.5) is 0 Å². The quantitative estimate of drug-likeness (QED) is 0.703. The molecule has 0 bridgehead atoms. The molecule has 3 rings (SSSR count). The molecule has 3 heterocycles. The normalized spacial score (nSPS) is 15.6. The summed E-state index contributed by atoms with van der Waals surface area (Å²) in [6.45, 7) is 10.2. The smallest absolute Gasteiger partial charge is 0.262 e. The third kappa shape index (κ3) is 3.57. The van der Waals surface area contributed by atoms with Crippen molar-refractivity contribution in [1.82, 2.24) is 14.5 Å². The molecule has 0 N–H and O–H groups in total. The van der Waals surface area contributed by atoms with Gasteiger partial charge in [0.05, 0.1) is 11.9 Å². The molecule has 2 aromatic rings. The number of thiophene rings is 1. The number of aromatic nitrogens is 2. The Morgan fingerprint density at radius 2 is 1.88 bits per heavy atom. The van der Waals surface area contributed by atoms with Gasteiger partial charge in [0.25, 0.3) is 5.56 Å². The summed E-state index contributed by atoms with van der Waals surface area (Å²) in [5.41, 5.74) is 1.29. The minimum atomic E-state index is 0.174. The summed E-state index contributed by atoms with van der Waals surface area (Å²) in [4.78, 5) is 22.6. The van der Waals surface area contributed by atoms with Gasteiger partial charge in [-0.25, -0.2) is 4.98 Å². The first kappa shape index (κ1) is 17.6. The van der Waals surface area contributed by atoms with Crippen molar-refractivity contribution in [2.45, 2.75) is 72.4 Å². The van der Waals surface area contributed by atoms with E-state index in [9.17, 15) is 4.79 Å². The molecule has 4 nitrogen and oxygen atoms in total. The summed E-state index contributed by atoms with van der Waals surface area (Å²) < 4.78 is 1.97. The summed E-state index contributed by atoms with van der Waals surface area (Å²) in [6, 6.07) is 0. The summed E-state index contributed by atoms with van der Waals surface area (Å²) in [6.07, 6.45) is 7.24. The first-order valence-corrected chi connectivity index (χ1v) is 10.1. The van der Waals surface area contributed by atoms with Crippen molar-refractivity contribution < 1.29 is 0 Å². The molecule has 0 saturated carbocycles. The molecule has 0 aromatic carbocycles. The predicted molar refractivity (Wildman–Crippen MR) is 102 cm³/mol. The van der Waals surface area contributed by atoms with Crippen LogP contribution < -0.4 is 5.56 Å². The van der Waals surface area contributed by atoms with Gasteiger partial charge in [-0.2, -0.15) is 0 Å². The number of nitrogens with zero attached hydrogens (tertiary/aromatic N) is 3. The monoisotopic (exact) mass is 347 g/mol. The Morgan fingerprint density at radius 1 is 1.12 bits per heavy atom. The lowest BCUT2D eigenvalue weighted by Gasteiger charge is -2.18. The van der Waals surface area contributed by atoms with Crippen LogP contribution >= 0.6 is 11.3 Å². The van der Waals surface area contributed by atoms with Gasteiger partial charge >= 0.3 is 0 Å². The molecule has 0 unspecified atom stereocenters. The van der Waals surface area contributed by atoms with Crippen molar-refractivity contribution in [2.75, 3.05) is 13.1 Å². The zero-order valence-corrected chi connectivity index (χ0v) is 16.0. The van der Waals surface area contributed by atoms with Crippen molar-refractivity contribution >= 4 is 21.6 Å². The number of hydrogen-bond acceptors (Lipinski definition) is 4. The maximum atomic E-state index is 13.1. The third-order valence-electron chi connectivity index (χ3n) is 5.17. The maximum absolute atomic E-state index is 13.1. The number of hydrogen-bond donors (Lipinski definition) is 0. The van der Waals surface area contributed by atoms with Crippen LogP contribution in [-0.4, -0.2) is 27.5 Å². The highest BCUT2D eigenvalue weighted by Crippen LogP contribution is 2.27. The van der Waals surface area contributed by atoms with Crippen LogP contribution in [0.1, 0.15) is 61.7 Å². The van der Waals surface area contributed by atoms with Gasteiger partial charge in [0, 0.05) is 11.4 Å². The number of likely N-dealkylation sites (tertiary alicyclic amines) is 1. The van der Waals surface area contributed by atoms with Crippen molar-refractivity contribution in [1.29, 1.82) is 0 Å². The van der Waals surface area contributed by atoms with E-state index < -0.39 is 0 Å². The molecule has 0 spiro atoms. The summed E-state index contributed by atoms with van der Waals surface area (Å²) in [5, 5.41) is 0.846. The fourth-order valence-electron chi connectivity index (χ4n) is 3.56. The molecule has 1 aliphatic rings. The van der Waals surface area contributed by atoms with Crippen LogP contribution in [0.5, 0.6) is 0 Å². The Morgan fingerprint density at radius 3 is 2.58 bits per heavy atom. The van der Waals surface area contributed by atoms with E-state index in [4.69, 9.17) is 4.98 Å². The second-order valence-electron chi connectivity index (χ2n) is 6.99. The van der Waals surface area contributed by atoms with Crippen LogP contribution in [0.15, 0.2) is 4.79 Å². The van der Waals surface area contributed by atoms with Gasteiger partial charge in [-0.15, -0.1) is 11.3 Å². The minimum Gasteiger partial charge on any atom is -0.296 e. The molecule has 0 aliphatic carbocycles. The SMILES string of the molecule is CCCCCCn1c(CN2CCCC2)nc2sc(C)c(C)c2c1=O. The lowest BCUT2D eigenvalue weighted by Crippen LogP contribution is -2.30. The molecule has 0 radical (unpaired) electrons. The molecular formula is C19H29N3OS. The molecular weight excluding hydrogens is 318 g/mol. The summed E-state index contributed by atoms with van der Waals surface area (Å²) in [7, 11) is 0. The Balaban J connectivity index is 1.96. The largest absolute Gasteiger partial charge is 0.296 e. The highest BCUT2D eigenvalue weighted by Gasteiger charge is 2.19. The Kier molecular flexibility index (Phi) is 5.72. The van der Waals surface area contributed by atoms with E-state index in [0.29, 0.717) is 0 Å². The van der Waals surface area contributed by atoms with Gasteiger partial charge in [0.15, 0.2) is 0 Å². The van der Waals surface area contributed by atoms with Crippen LogP contribution in [0.3, 0.4) is 0 Å². The first-order chi connectivity index (χ1) is 11.6. The molecule has 132 valence electrons. The zero-order valence-electron chi connectivity index (χ0n) is 15.2. The minimum absolute atomic E-state index is 0.174. The van der Waals surface area contributed by atoms with Crippen LogP contribution in [0.25, 0.3) is 10.2 Å². The van der Waals surface area contributed by atoms with E-state index in [1.165, 1.54) is 37.0 Å². The molecule has 0 atom stereocenters. The Bertz CT molecular complexity index is 756. The average Bonchev–Trinajstić information content (AvgIpc) is 3.15. The average molecular weight is 348 g/mol. The zero-order chi connectivity index (χ0) is 17.1. The standard InChI is InChI=1S/C19H29N3OS/c1-4-5-6-7-12-22-16(13-21-10-8-9-11-21)20-18-17(19(22)23)14(2)15(3)24-18/h4-13H2,1-3H3. The lowest BCUT2D eigenvalue weighted by molar-refractivity contribution is 0.313.